The van der Waals surface area contributed by atoms with Gasteiger partial charge in [-0.15, -0.1) is 0 Å². The number of carbonyl (C=O) groups excluding carboxylic acids is 1. The first-order chi connectivity index (χ1) is 9.66. The summed E-state index contributed by atoms with van der Waals surface area (Å²) in [6.07, 6.45) is 0. The monoisotopic (exact) mass is 274 g/mol. The molecule has 2 aliphatic rings. The average molecular weight is 274 g/mol. The maximum Gasteiger partial charge on any atom is 0.317 e. The molecule has 1 aromatic carbocycles. The summed E-state index contributed by atoms with van der Waals surface area (Å²) in [5, 5.41) is 2.92. The van der Waals surface area contributed by atoms with E-state index >= 15 is 0 Å². The number of fused-ring (bicyclic) bond motifs is 1. The zero-order chi connectivity index (χ0) is 14.1. The molecule has 0 spiro atoms. The number of hydrogen-bond acceptors (Lipinski definition) is 3. The fourth-order valence-corrected chi connectivity index (χ4v) is 3.38. The van der Waals surface area contributed by atoms with E-state index in [1.807, 2.05) is 11.0 Å². The van der Waals surface area contributed by atoms with Crippen LogP contribution < -0.4 is 11.1 Å². The first-order valence-corrected chi connectivity index (χ1v) is 7.26. The SMILES string of the molecule is CC(N)C(c1ccccc1)N1CCN2C(=O)NCC2C1. The van der Waals surface area contributed by atoms with Crippen LogP contribution in [-0.2, 0) is 0 Å². The molecule has 0 aromatic heterocycles. The van der Waals surface area contributed by atoms with Gasteiger partial charge < -0.3 is 16.0 Å². The van der Waals surface area contributed by atoms with Crippen molar-refractivity contribution in [3.05, 3.63) is 35.9 Å². The second-order valence-corrected chi connectivity index (χ2v) is 5.74. The van der Waals surface area contributed by atoms with Crippen LogP contribution in [0.5, 0.6) is 0 Å². The lowest BCUT2D eigenvalue weighted by Crippen LogP contribution is -2.55. The first-order valence-electron chi connectivity index (χ1n) is 7.26. The molecular formula is C15H22N4O. The molecule has 2 heterocycles. The van der Waals surface area contributed by atoms with E-state index in [1.54, 1.807) is 0 Å². The van der Waals surface area contributed by atoms with Gasteiger partial charge in [0.25, 0.3) is 0 Å². The summed E-state index contributed by atoms with van der Waals surface area (Å²) in [4.78, 5) is 16.0. The topological polar surface area (TPSA) is 61.6 Å². The third-order valence-corrected chi connectivity index (χ3v) is 4.30. The molecule has 5 nitrogen and oxygen atoms in total. The van der Waals surface area contributed by atoms with Gasteiger partial charge in [0, 0.05) is 38.3 Å². The average Bonchev–Trinajstić information content (AvgIpc) is 2.81. The molecule has 20 heavy (non-hydrogen) atoms. The molecule has 3 atom stereocenters. The first kappa shape index (κ1) is 13.4. The van der Waals surface area contributed by atoms with Crippen molar-refractivity contribution < 1.29 is 4.79 Å². The van der Waals surface area contributed by atoms with Gasteiger partial charge in [-0.05, 0) is 12.5 Å². The van der Waals surface area contributed by atoms with Crippen LogP contribution in [0, 0.1) is 0 Å². The quantitative estimate of drug-likeness (QED) is 0.856. The zero-order valence-electron chi connectivity index (χ0n) is 11.8. The number of nitrogens with two attached hydrogens (primary N) is 1. The summed E-state index contributed by atoms with van der Waals surface area (Å²) in [5.41, 5.74) is 7.48. The Balaban J connectivity index is 1.78. The van der Waals surface area contributed by atoms with Crippen molar-refractivity contribution in [3.63, 3.8) is 0 Å². The molecule has 0 radical (unpaired) electrons. The van der Waals surface area contributed by atoms with E-state index in [0.29, 0.717) is 0 Å². The number of rotatable bonds is 3. The van der Waals surface area contributed by atoms with Gasteiger partial charge in [0.2, 0.25) is 0 Å². The Morgan fingerprint density at radius 3 is 2.75 bits per heavy atom. The minimum Gasteiger partial charge on any atom is -0.336 e. The van der Waals surface area contributed by atoms with E-state index in [9.17, 15) is 4.79 Å². The highest BCUT2D eigenvalue weighted by Gasteiger charge is 2.38. The Labute approximate surface area is 119 Å². The van der Waals surface area contributed by atoms with Gasteiger partial charge >= 0.3 is 6.03 Å². The minimum atomic E-state index is 0.0639. The van der Waals surface area contributed by atoms with E-state index in [0.717, 1.165) is 26.2 Å². The number of carbonyl (C=O) groups is 1. The normalized spacial score (nSPS) is 26.0. The van der Waals surface area contributed by atoms with Gasteiger partial charge in [-0.3, -0.25) is 4.90 Å². The highest BCUT2D eigenvalue weighted by Crippen LogP contribution is 2.27. The summed E-state index contributed by atoms with van der Waals surface area (Å²) in [7, 11) is 0. The fraction of sp³-hybridized carbons (Fsp3) is 0.533. The Morgan fingerprint density at radius 1 is 1.30 bits per heavy atom. The van der Waals surface area contributed by atoms with Crippen LogP contribution in [0.2, 0.25) is 0 Å². The Morgan fingerprint density at radius 2 is 2.05 bits per heavy atom. The number of urea groups is 1. The maximum absolute atomic E-state index is 11.7. The van der Waals surface area contributed by atoms with Crippen molar-refractivity contribution in [2.24, 2.45) is 5.73 Å². The lowest BCUT2D eigenvalue weighted by Gasteiger charge is -2.42. The highest BCUT2D eigenvalue weighted by atomic mass is 16.2. The second-order valence-electron chi connectivity index (χ2n) is 5.74. The summed E-state index contributed by atoms with van der Waals surface area (Å²) >= 11 is 0. The van der Waals surface area contributed by atoms with Crippen LogP contribution in [0.15, 0.2) is 30.3 Å². The van der Waals surface area contributed by atoms with E-state index in [2.05, 4.69) is 41.4 Å². The van der Waals surface area contributed by atoms with Crippen LogP contribution in [-0.4, -0.2) is 54.1 Å². The lowest BCUT2D eigenvalue weighted by atomic mass is 9.97. The molecule has 1 aromatic rings. The molecular weight excluding hydrogens is 252 g/mol. The third kappa shape index (κ3) is 2.39. The number of benzene rings is 1. The molecule has 3 N–H and O–H groups in total. The highest BCUT2D eigenvalue weighted by molar-refractivity contribution is 5.77. The predicted molar refractivity (Wildman–Crippen MR) is 78.3 cm³/mol. The van der Waals surface area contributed by atoms with E-state index in [-0.39, 0.29) is 24.2 Å². The van der Waals surface area contributed by atoms with Crippen molar-refractivity contribution in [2.75, 3.05) is 26.2 Å². The van der Waals surface area contributed by atoms with Gasteiger partial charge in [0.15, 0.2) is 0 Å². The van der Waals surface area contributed by atoms with Gasteiger partial charge in [-0.1, -0.05) is 30.3 Å². The van der Waals surface area contributed by atoms with E-state index < -0.39 is 0 Å². The summed E-state index contributed by atoms with van der Waals surface area (Å²) in [6, 6.07) is 11.1. The Bertz CT molecular complexity index is 476. The molecule has 0 saturated carbocycles. The largest absolute Gasteiger partial charge is 0.336 e. The van der Waals surface area contributed by atoms with Gasteiger partial charge in [-0.25, -0.2) is 4.79 Å². The number of piperazine rings is 1. The van der Waals surface area contributed by atoms with Crippen molar-refractivity contribution in [1.82, 2.24) is 15.1 Å². The van der Waals surface area contributed by atoms with Crippen molar-refractivity contribution >= 4 is 6.03 Å². The van der Waals surface area contributed by atoms with Crippen molar-refractivity contribution in [1.29, 1.82) is 0 Å². The third-order valence-electron chi connectivity index (χ3n) is 4.30. The number of amides is 2. The number of nitrogens with one attached hydrogen (secondary N) is 1. The lowest BCUT2D eigenvalue weighted by molar-refractivity contribution is 0.0795. The number of nitrogens with zero attached hydrogens (tertiary/aromatic N) is 2. The molecule has 3 unspecified atom stereocenters. The molecule has 2 amide bonds. The maximum atomic E-state index is 11.7. The van der Waals surface area contributed by atoms with Crippen LogP contribution in [0.3, 0.4) is 0 Å². The minimum absolute atomic E-state index is 0.0639. The zero-order valence-corrected chi connectivity index (χ0v) is 11.8. The van der Waals surface area contributed by atoms with Crippen LogP contribution in [0.25, 0.3) is 0 Å². The van der Waals surface area contributed by atoms with Gasteiger partial charge in [-0.2, -0.15) is 0 Å². The van der Waals surface area contributed by atoms with E-state index in [4.69, 9.17) is 5.73 Å². The summed E-state index contributed by atoms with van der Waals surface area (Å²) in [5.74, 6) is 0. The summed E-state index contributed by atoms with van der Waals surface area (Å²) in [6.45, 7) is 5.36. The predicted octanol–water partition coefficient (Wildman–Crippen LogP) is 0.784. The van der Waals surface area contributed by atoms with E-state index in [1.165, 1.54) is 5.56 Å². The molecule has 2 saturated heterocycles. The fourth-order valence-electron chi connectivity index (χ4n) is 3.38. The molecule has 3 rings (SSSR count). The standard InChI is InChI=1S/C15H22N4O/c1-11(16)14(12-5-3-2-4-6-12)18-7-8-19-13(10-18)9-17-15(19)20/h2-6,11,13-14H,7-10,16H2,1H3,(H,17,20). The molecule has 0 bridgehead atoms. The van der Waals surface area contributed by atoms with Crippen LogP contribution >= 0.6 is 0 Å². The second kappa shape index (κ2) is 5.42. The Kier molecular flexibility index (Phi) is 3.63. The van der Waals surface area contributed by atoms with Crippen molar-refractivity contribution in [3.8, 4) is 0 Å². The molecule has 2 fully saturated rings. The van der Waals surface area contributed by atoms with Crippen LogP contribution in [0.1, 0.15) is 18.5 Å². The van der Waals surface area contributed by atoms with Crippen molar-refractivity contribution in [2.45, 2.75) is 25.0 Å². The van der Waals surface area contributed by atoms with Gasteiger partial charge in [0.1, 0.15) is 0 Å². The smallest absolute Gasteiger partial charge is 0.317 e. The molecule has 5 heteroatoms. The Hall–Kier alpha value is -1.59. The molecule has 2 aliphatic heterocycles. The molecule has 0 aliphatic carbocycles. The van der Waals surface area contributed by atoms with Gasteiger partial charge in [0.05, 0.1) is 6.04 Å². The summed E-state index contributed by atoms with van der Waals surface area (Å²) < 4.78 is 0. The molecule has 108 valence electrons. The number of hydrogen-bond donors (Lipinski definition) is 2. The van der Waals surface area contributed by atoms with Crippen LogP contribution in [0.4, 0.5) is 4.79 Å².